The first kappa shape index (κ1) is 9.58. The van der Waals surface area contributed by atoms with E-state index in [0.29, 0.717) is 12.1 Å². The van der Waals surface area contributed by atoms with Crippen LogP contribution in [0.15, 0.2) is 29.4 Å². The van der Waals surface area contributed by atoms with E-state index in [2.05, 4.69) is 5.16 Å². The van der Waals surface area contributed by atoms with Gasteiger partial charge in [0.25, 0.3) is 0 Å². The molecule has 1 N–H and O–H groups in total. The molecule has 0 amide bonds. The minimum Gasteiger partial charge on any atom is -0.497 e. The smallest absolute Gasteiger partial charge is 0.119 e. The Balaban J connectivity index is 3.00. The van der Waals surface area contributed by atoms with E-state index >= 15 is 0 Å². The molecular weight excluding hydrogens is 166 g/mol. The lowest BCUT2D eigenvalue weighted by Gasteiger charge is -2.03. The second kappa shape index (κ2) is 4.50. The van der Waals surface area contributed by atoms with Gasteiger partial charge in [0.05, 0.1) is 12.8 Å². The van der Waals surface area contributed by atoms with E-state index in [1.807, 2.05) is 31.2 Å². The zero-order chi connectivity index (χ0) is 9.68. The van der Waals surface area contributed by atoms with Gasteiger partial charge in [0.1, 0.15) is 5.75 Å². The Labute approximate surface area is 77.6 Å². The standard InChI is InChI=1S/C10H13NO2/c1-3-10(11-12)8-5-4-6-9(7-8)13-2/h4-7,12H,3H2,1-2H3/b11-10+. The van der Waals surface area contributed by atoms with Gasteiger partial charge in [0.15, 0.2) is 0 Å². The van der Waals surface area contributed by atoms with Gasteiger partial charge in [0.2, 0.25) is 0 Å². The van der Waals surface area contributed by atoms with Crippen LogP contribution >= 0.6 is 0 Å². The summed E-state index contributed by atoms with van der Waals surface area (Å²) in [5, 5.41) is 11.9. The van der Waals surface area contributed by atoms with Crippen LogP contribution in [0.2, 0.25) is 0 Å². The van der Waals surface area contributed by atoms with E-state index in [4.69, 9.17) is 9.94 Å². The van der Waals surface area contributed by atoms with E-state index < -0.39 is 0 Å². The summed E-state index contributed by atoms with van der Waals surface area (Å²) in [6.45, 7) is 1.94. The minimum atomic E-state index is 0.666. The summed E-state index contributed by atoms with van der Waals surface area (Å²) in [5.41, 5.74) is 1.56. The van der Waals surface area contributed by atoms with Crippen molar-refractivity contribution in [2.45, 2.75) is 13.3 Å². The summed E-state index contributed by atoms with van der Waals surface area (Å²) in [6.07, 6.45) is 0.698. The average molecular weight is 179 g/mol. The molecule has 0 aliphatic heterocycles. The highest BCUT2D eigenvalue weighted by atomic mass is 16.5. The van der Waals surface area contributed by atoms with Crippen LogP contribution in [-0.2, 0) is 0 Å². The van der Waals surface area contributed by atoms with Gasteiger partial charge in [-0.15, -0.1) is 0 Å². The fourth-order valence-electron chi connectivity index (χ4n) is 1.14. The zero-order valence-electron chi connectivity index (χ0n) is 7.82. The van der Waals surface area contributed by atoms with Crippen LogP contribution in [0.5, 0.6) is 5.75 Å². The van der Waals surface area contributed by atoms with E-state index in [0.717, 1.165) is 11.3 Å². The summed E-state index contributed by atoms with van der Waals surface area (Å²) >= 11 is 0. The van der Waals surface area contributed by atoms with Crippen LogP contribution in [0.4, 0.5) is 0 Å². The lowest BCUT2D eigenvalue weighted by molar-refractivity contribution is 0.318. The molecule has 0 aliphatic rings. The van der Waals surface area contributed by atoms with Gasteiger partial charge in [-0.05, 0) is 18.6 Å². The van der Waals surface area contributed by atoms with Crippen molar-refractivity contribution in [1.29, 1.82) is 0 Å². The van der Waals surface area contributed by atoms with Crippen molar-refractivity contribution in [3.05, 3.63) is 29.8 Å². The maximum atomic E-state index is 8.69. The minimum absolute atomic E-state index is 0.666. The zero-order valence-corrected chi connectivity index (χ0v) is 7.82. The second-order valence-corrected chi connectivity index (χ2v) is 2.63. The third kappa shape index (κ3) is 2.21. The highest BCUT2D eigenvalue weighted by molar-refractivity contribution is 6.00. The van der Waals surface area contributed by atoms with Gasteiger partial charge in [0, 0.05) is 5.56 Å². The predicted molar refractivity (Wildman–Crippen MR) is 51.6 cm³/mol. The Kier molecular flexibility index (Phi) is 3.31. The van der Waals surface area contributed by atoms with Crippen molar-refractivity contribution >= 4 is 5.71 Å². The molecule has 0 spiro atoms. The first-order chi connectivity index (χ1) is 6.31. The highest BCUT2D eigenvalue weighted by Gasteiger charge is 2.02. The monoisotopic (exact) mass is 179 g/mol. The number of rotatable bonds is 3. The van der Waals surface area contributed by atoms with Crippen molar-refractivity contribution < 1.29 is 9.94 Å². The predicted octanol–water partition coefficient (Wildman–Crippen LogP) is 2.28. The van der Waals surface area contributed by atoms with Crippen molar-refractivity contribution in [3.63, 3.8) is 0 Å². The fourth-order valence-corrected chi connectivity index (χ4v) is 1.14. The molecule has 70 valence electrons. The molecule has 0 aromatic heterocycles. The first-order valence-electron chi connectivity index (χ1n) is 4.17. The molecule has 13 heavy (non-hydrogen) atoms. The SMILES string of the molecule is CC/C(=N\O)c1cccc(OC)c1. The molecule has 3 heteroatoms. The third-order valence-electron chi connectivity index (χ3n) is 1.86. The number of hydrogen-bond donors (Lipinski definition) is 1. The normalized spacial score (nSPS) is 11.4. The van der Waals surface area contributed by atoms with Crippen molar-refractivity contribution in [3.8, 4) is 5.75 Å². The van der Waals surface area contributed by atoms with E-state index in [1.54, 1.807) is 7.11 Å². The van der Waals surface area contributed by atoms with Crippen LogP contribution in [0.1, 0.15) is 18.9 Å². The molecular formula is C10H13NO2. The van der Waals surface area contributed by atoms with Crippen LogP contribution in [-0.4, -0.2) is 18.0 Å². The number of benzene rings is 1. The van der Waals surface area contributed by atoms with Crippen molar-refractivity contribution in [1.82, 2.24) is 0 Å². The summed E-state index contributed by atoms with van der Waals surface area (Å²) in [5.74, 6) is 0.770. The maximum absolute atomic E-state index is 8.69. The Hall–Kier alpha value is -1.51. The number of hydrogen-bond acceptors (Lipinski definition) is 3. The molecule has 0 bridgehead atoms. The summed E-state index contributed by atoms with van der Waals surface area (Å²) in [7, 11) is 1.61. The van der Waals surface area contributed by atoms with E-state index in [-0.39, 0.29) is 0 Å². The Morgan fingerprint density at radius 3 is 2.85 bits per heavy atom. The molecule has 0 unspecified atom stereocenters. The molecule has 0 aliphatic carbocycles. The number of methoxy groups -OCH3 is 1. The van der Waals surface area contributed by atoms with Crippen molar-refractivity contribution in [2.75, 3.05) is 7.11 Å². The molecule has 0 heterocycles. The van der Waals surface area contributed by atoms with Gasteiger partial charge in [-0.25, -0.2) is 0 Å². The summed E-state index contributed by atoms with van der Waals surface area (Å²) in [6, 6.07) is 7.46. The molecule has 3 nitrogen and oxygen atoms in total. The number of ether oxygens (including phenoxy) is 1. The van der Waals surface area contributed by atoms with Gasteiger partial charge < -0.3 is 9.94 Å². The average Bonchev–Trinajstić information content (AvgIpc) is 2.20. The van der Waals surface area contributed by atoms with Gasteiger partial charge >= 0.3 is 0 Å². The highest BCUT2D eigenvalue weighted by Crippen LogP contribution is 2.14. The molecule has 1 aromatic carbocycles. The van der Waals surface area contributed by atoms with E-state index in [1.165, 1.54) is 0 Å². The van der Waals surface area contributed by atoms with Crippen LogP contribution in [0.3, 0.4) is 0 Å². The van der Waals surface area contributed by atoms with Gasteiger partial charge in [-0.1, -0.05) is 24.2 Å². The molecule has 1 rings (SSSR count). The molecule has 0 saturated carbocycles. The molecule has 0 radical (unpaired) electrons. The van der Waals surface area contributed by atoms with Gasteiger partial charge in [-0.3, -0.25) is 0 Å². The Morgan fingerprint density at radius 1 is 1.54 bits per heavy atom. The first-order valence-corrected chi connectivity index (χ1v) is 4.17. The quantitative estimate of drug-likeness (QED) is 0.439. The van der Waals surface area contributed by atoms with Crippen LogP contribution in [0, 0.1) is 0 Å². The molecule has 0 fully saturated rings. The largest absolute Gasteiger partial charge is 0.497 e. The maximum Gasteiger partial charge on any atom is 0.119 e. The van der Waals surface area contributed by atoms with Crippen LogP contribution < -0.4 is 4.74 Å². The number of oxime groups is 1. The fraction of sp³-hybridized carbons (Fsp3) is 0.300. The van der Waals surface area contributed by atoms with Crippen molar-refractivity contribution in [2.24, 2.45) is 5.16 Å². The third-order valence-corrected chi connectivity index (χ3v) is 1.86. The molecule has 1 aromatic rings. The summed E-state index contributed by atoms with van der Waals surface area (Å²) < 4.78 is 5.06. The topological polar surface area (TPSA) is 41.8 Å². The lowest BCUT2D eigenvalue weighted by atomic mass is 10.1. The van der Waals surface area contributed by atoms with Crippen LogP contribution in [0.25, 0.3) is 0 Å². The Bertz CT molecular complexity index is 308. The molecule has 0 saturated heterocycles. The second-order valence-electron chi connectivity index (χ2n) is 2.63. The van der Waals surface area contributed by atoms with Gasteiger partial charge in [-0.2, -0.15) is 0 Å². The van der Waals surface area contributed by atoms with E-state index in [9.17, 15) is 0 Å². The summed E-state index contributed by atoms with van der Waals surface area (Å²) in [4.78, 5) is 0. The lowest BCUT2D eigenvalue weighted by Crippen LogP contribution is -1.98. The number of nitrogens with zero attached hydrogens (tertiary/aromatic N) is 1. The molecule has 0 atom stereocenters. The Morgan fingerprint density at radius 2 is 2.31 bits per heavy atom.